The van der Waals surface area contributed by atoms with E-state index >= 15 is 0 Å². The summed E-state index contributed by atoms with van der Waals surface area (Å²) in [5.74, 6) is 1.08. The molecule has 2 aromatic carbocycles. The van der Waals surface area contributed by atoms with Gasteiger partial charge in [0.2, 0.25) is 0 Å². The number of hydrogen-bond donors (Lipinski definition) is 0. The van der Waals surface area contributed by atoms with Crippen LogP contribution in [0.3, 0.4) is 0 Å². The van der Waals surface area contributed by atoms with E-state index in [4.69, 9.17) is 0 Å². The third-order valence-electron chi connectivity index (χ3n) is 3.57. The van der Waals surface area contributed by atoms with Crippen molar-refractivity contribution in [2.24, 2.45) is 7.05 Å². The van der Waals surface area contributed by atoms with Gasteiger partial charge in [0.1, 0.15) is 5.82 Å². The molecule has 0 aliphatic heterocycles. The van der Waals surface area contributed by atoms with Crippen molar-refractivity contribution < 1.29 is 4.39 Å². The van der Waals surface area contributed by atoms with Gasteiger partial charge in [-0.2, -0.15) is 0 Å². The molecule has 112 valence electrons. The number of halogens is 1. The van der Waals surface area contributed by atoms with Gasteiger partial charge in [-0.05, 0) is 30.2 Å². The highest BCUT2D eigenvalue weighted by atomic mass is 32.2. The van der Waals surface area contributed by atoms with Gasteiger partial charge in [-0.3, -0.25) is 0 Å². The predicted octanol–water partition coefficient (Wildman–Crippen LogP) is 4.22. The Hall–Kier alpha value is -2.14. The lowest BCUT2D eigenvalue weighted by molar-refractivity contribution is 0.628. The summed E-state index contributed by atoms with van der Waals surface area (Å²) in [4.78, 5) is 0. The third-order valence-corrected chi connectivity index (χ3v) is 4.64. The van der Waals surface area contributed by atoms with E-state index in [1.807, 2.05) is 23.7 Å². The molecule has 5 heteroatoms. The first-order chi connectivity index (χ1) is 10.7. The van der Waals surface area contributed by atoms with Crippen molar-refractivity contribution in [2.75, 3.05) is 0 Å². The fraction of sp³-hybridized carbons (Fsp3) is 0.176. The van der Waals surface area contributed by atoms with E-state index in [9.17, 15) is 4.39 Å². The van der Waals surface area contributed by atoms with Crippen LogP contribution in [0.15, 0.2) is 53.7 Å². The minimum absolute atomic E-state index is 0.284. The Balaban J connectivity index is 1.83. The van der Waals surface area contributed by atoms with Gasteiger partial charge in [-0.1, -0.05) is 48.2 Å². The van der Waals surface area contributed by atoms with Crippen molar-refractivity contribution in [2.45, 2.75) is 17.8 Å². The van der Waals surface area contributed by atoms with E-state index in [1.54, 1.807) is 30.0 Å². The summed E-state index contributed by atoms with van der Waals surface area (Å²) < 4.78 is 15.7. The molecular weight excluding hydrogens is 297 g/mol. The summed E-state index contributed by atoms with van der Waals surface area (Å²) in [5.41, 5.74) is 3.00. The van der Waals surface area contributed by atoms with E-state index in [0.717, 1.165) is 10.9 Å². The molecule has 3 nitrogen and oxygen atoms in total. The largest absolute Gasteiger partial charge is 0.305 e. The van der Waals surface area contributed by atoms with Crippen LogP contribution in [-0.2, 0) is 12.8 Å². The lowest BCUT2D eigenvalue weighted by atomic mass is 10.1. The standard InChI is InChI=1S/C17H16FN3S/c1-12-7-3-4-8-13(12)11-22-17-20-19-16(21(17)2)14-9-5-6-10-15(14)18/h3-10H,11H2,1-2H3. The van der Waals surface area contributed by atoms with Crippen molar-refractivity contribution in [3.63, 3.8) is 0 Å². The number of thioether (sulfide) groups is 1. The molecule has 0 unspecified atom stereocenters. The number of benzene rings is 2. The lowest BCUT2D eigenvalue weighted by Gasteiger charge is -2.06. The molecule has 3 aromatic rings. The fourth-order valence-corrected chi connectivity index (χ4v) is 3.22. The SMILES string of the molecule is Cc1ccccc1CSc1nnc(-c2ccccc2F)n1C. The maximum absolute atomic E-state index is 13.9. The maximum atomic E-state index is 13.9. The van der Waals surface area contributed by atoms with Crippen molar-refractivity contribution in [1.29, 1.82) is 0 Å². The number of aromatic nitrogens is 3. The molecule has 22 heavy (non-hydrogen) atoms. The average Bonchev–Trinajstić information content (AvgIpc) is 2.88. The zero-order valence-corrected chi connectivity index (χ0v) is 13.3. The van der Waals surface area contributed by atoms with Gasteiger partial charge in [0, 0.05) is 12.8 Å². The number of aryl methyl sites for hydroxylation is 1. The molecule has 0 aliphatic rings. The topological polar surface area (TPSA) is 30.7 Å². The monoisotopic (exact) mass is 313 g/mol. The first-order valence-corrected chi connectivity index (χ1v) is 7.97. The Labute approximate surface area is 133 Å². The second-order valence-corrected chi connectivity index (χ2v) is 6.00. The van der Waals surface area contributed by atoms with Crippen LogP contribution in [0, 0.1) is 12.7 Å². The van der Waals surface area contributed by atoms with Gasteiger partial charge in [-0.25, -0.2) is 4.39 Å². The lowest BCUT2D eigenvalue weighted by Crippen LogP contribution is -1.97. The highest BCUT2D eigenvalue weighted by molar-refractivity contribution is 7.98. The van der Waals surface area contributed by atoms with Gasteiger partial charge in [0.15, 0.2) is 11.0 Å². The molecule has 3 rings (SSSR count). The summed E-state index contributed by atoms with van der Waals surface area (Å²) in [7, 11) is 1.86. The van der Waals surface area contributed by atoms with Gasteiger partial charge in [-0.15, -0.1) is 10.2 Å². The van der Waals surface area contributed by atoms with Crippen molar-refractivity contribution in [3.8, 4) is 11.4 Å². The van der Waals surface area contributed by atoms with Crippen molar-refractivity contribution in [3.05, 3.63) is 65.5 Å². The minimum atomic E-state index is -0.284. The zero-order chi connectivity index (χ0) is 15.5. The second kappa shape index (κ2) is 6.32. The van der Waals surface area contributed by atoms with Crippen LogP contribution in [0.4, 0.5) is 4.39 Å². The van der Waals surface area contributed by atoms with Crippen molar-refractivity contribution >= 4 is 11.8 Å². The average molecular weight is 313 g/mol. The van der Waals surface area contributed by atoms with Crippen LogP contribution < -0.4 is 0 Å². The van der Waals surface area contributed by atoms with Crippen LogP contribution in [0.1, 0.15) is 11.1 Å². The Morgan fingerprint density at radius 2 is 1.77 bits per heavy atom. The van der Waals surface area contributed by atoms with Crippen molar-refractivity contribution in [1.82, 2.24) is 14.8 Å². The highest BCUT2D eigenvalue weighted by Crippen LogP contribution is 2.27. The molecule has 0 aliphatic carbocycles. The molecule has 0 fully saturated rings. The van der Waals surface area contributed by atoms with E-state index in [0.29, 0.717) is 11.4 Å². The molecule has 0 amide bonds. The predicted molar refractivity (Wildman–Crippen MR) is 87.1 cm³/mol. The molecule has 0 radical (unpaired) electrons. The summed E-state index contributed by atoms with van der Waals surface area (Å²) in [5, 5.41) is 9.10. The first kappa shape index (κ1) is 14.8. The minimum Gasteiger partial charge on any atom is -0.305 e. The van der Waals surface area contributed by atoms with E-state index in [2.05, 4.69) is 29.3 Å². The van der Waals surface area contributed by atoms with Crippen LogP contribution in [0.25, 0.3) is 11.4 Å². The maximum Gasteiger partial charge on any atom is 0.191 e. The first-order valence-electron chi connectivity index (χ1n) is 6.98. The molecule has 1 heterocycles. The molecule has 0 N–H and O–H groups in total. The molecule has 0 saturated heterocycles. The number of hydrogen-bond acceptors (Lipinski definition) is 3. The third kappa shape index (κ3) is 2.90. The van der Waals surface area contributed by atoms with Crippen LogP contribution in [-0.4, -0.2) is 14.8 Å². The Kier molecular flexibility index (Phi) is 4.24. The summed E-state index contributed by atoms with van der Waals surface area (Å²) in [6, 6.07) is 14.9. The van der Waals surface area contributed by atoms with Crippen LogP contribution >= 0.6 is 11.8 Å². The Morgan fingerprint density at radius 1 is 1.05 bits per heavy atom. The van der Waals surface area contributed by atoms with Gasteiger partial charge in [0.25, 0.3) is 0 Å². The molecule has 0 atom stereocenters. The smallest absolute Gasteiger partial charge is 0.191 e. The van der Waals surface area contributed by atoms with Gasteiger partial charge < -0.3 is 4.57 Å². The molecule has 0 bridgehead atoms. The van der Waals surface area contributed by atoms with E-state index < -0.39 is 0 Å². The highest BCUT2D eigenvalue weighted by Gasteiger charge is 2.14. The quantitative estimate of drug-likeness (QED) is 0.676. The number of nitrogens with zero attached hydrogens (tertiary/aromatic N) is 3. The molecule has 0 saturated carbocycles. The van der Waals surface area contributed by atoms with Gasteiger partial charge in [0.05, 0.1) is 5.56 Å². The molecule has 1 aromatic heterocycles. The second-order valence-electron chi connectivity index (χ2n) is 5.06. The summed E-state index contributed by atoms with van der Waals surface area (Å²) in [6.07, 6.45) is 0. The molecule has 0 spiro atoms. The zero-order valence-electron chi connectivity index (χ0n) is 12.5. The summed E-state index contributed by atoms with van der Waals surface area (Å²) >= 11 is 1.60. The van der Waals surface area contributed by atoms with Crippen LogP contribution in [0.2, 0.25) is 0 Å². The Bertz CT molecular complexity index is 798. The normalized spacial score (nSPS) is 10.9. The molecular formula is C17H16FN3S. The van der Waals surface area contributed by atoms with Gasteiger partial charge >= 0.3 is 0 Å². The fourth-order valence-electron chi connectivity index (χ4n) is 2.23. The number of rotatable bonds is 4. The summed E-state index contributed by atoms with van der Waals surface area (Å²) in [6.45, 7) is 2.09. The van der Waals surface area contributed by atoms with Crippen LogP contribution in [0.5, 0.6) is 0 Å². The Morgan fingerprint density at radius 3 is 2.55 bits per heavy atom. The van der Waals surface area contributed by atoms with E-state index in [-0.39, 0.29) is 5.82 Å². The van der Waals surface area contributed by atoms with E-state index in [1.165, 1.54) is 17.2 Å².